The fourth-order valence-electron chi connectivity index (χ4n) is 4.76. The number of aromatic nitrogens is 1. The first-order valence-corrected chi connectivity index (χ1v) is 11.8. The molecule has 1 saturated heterocycles. The molecule has 0 spiro atoms. The number of para-hydroxylation sites is 1. The monoisotopic (exact) mass is 482 g/mol. The number of aliphatic hydroxyl groups is 1. The van der Waals surface area contributed by atoms with Gasteiger partial charge in [0.25, 0.3) is 11.7 Å². The van der Waals surface area contributed by atoms with Crippen molar-refractivity contribution in [2.24, 2.45) is 0 Å². The van der Waals surface area contributed by atoms with Crippen molar-refractivity contribution in [3.05, 3.63) is 101 Å². The number of aromatic hydroxyl groups is 1. The normalized spacial score (nSPS) is 17.1. The molecule has 36 heavy (non-hydrogen) atoms. The Labute approximate surface area is 208 Å². The van der Waals surface area contributed by atoms with Crippen molar-refractivity contribution in [2.45, 2.75) is 19.4 Å². The van der Waals surface area contributed by atoms with E-state index < -0.39 is 17.7 Å². The van der Waals surface area contributed by atoms with Crippen molar-refractivity contribution < 1.29 is 24.5 Å². The lowest BCUT2D eigenvalue weighted by atomic mass is 9.95. The molecule has 5 rings (SSSR count). The number of hydrogen-bond acceptors (Lipinski definition) is 5. The van der Waals surface area contributed by atoms with Crippen LogP contribution >= 0.6 is 0 Å². The molecule has 7 heteroatoms. The Hall–Kier alpha value is -4.52. The molecule has 0 bridgehead atoms. The third-order valence-corrected chi connectivity index (χ3v) is 6.46. The summed E-state index contributed by atoms with van der Waals surface area (Å²) in [5.41, 5.74) is 2.95. The van der Waals surface area contributed by atoms with Gasteiger partial charge in [-0.15, -0.1) is 0 Å². The van der Waals surface area contributed by atoms with E-state index in [4.69, 9.17) is 4.74 Å². The van der Waals surface area contributed by atoms with Gasteiger partial charge in [-0.3, -0.25) is 9.59 Å². The molecule has 4 aromatic rings. The number of nitrogens with zero attached hydrogens (tertiary/aromatic N) is 1. The number of ether oxygens (including phenoxy) is 1. The van der Waals surface area contributed by atoms with Crippen LogP contribution in [0.1, 0.15) is 29.7 Å². The van der Waals surface area contributed by atoms with E-state index in [0.717, 1.165) is 16.5 Å². The molecule has 1 aliphatic rings. The Morgan fingerprint density at radius 1 is 1.03 bits per heavy atom. The maximum absolute atomic E-state index is 13.2. The molecule has 7 nitrogen and oxygen atoms in total. The second-order valence-corrected chi connectivity index (χ2v) is 8.65. The average molecular weight is 483 g/mol. The molecule has 1 amide bonds. The summed E-state index contributed by atoms with van der Waals surface area (Å²) in [6.45, 7) is 2.64. The smallest absolute Gasteiger partial charge is 0.295 e. The number of nitrogens with one attached hydrogen (secondary N) is 1. The largest absolute Gasteiger partial charge is 0.508 e. The SMILES string of the molecule is CCOc1ccc(/C(O)=C2/C(=O)C(=O)N(CCc3c[nH]c4ccccc34)C2c2cccc(O)c2)cc1. The van der Waals surface area contributed by atoms with E-state index in [1.807, 2.05) is 37.4 Å². The number of likely N-dealkylation sites (tertiary alicyclic amines) is 1. The second-order valence-electron chi connectivity index (χ2n) is 8.65. The summed E-state index contributed by atoms with van der Waals surface area (Å²) in [4.78, 5) is 31.2. The van der Waals surface area contributed by atoms with E-state index in [0.29, 0.717) is 29.9 Å². The predicted molar refractivity (Wildman–Crippen MR) is 137 cm³/mol. The molecule has 1 aliphatic heterocycles. The zero-order valence-electron chi connectivity index (χ0n) is 19.8. The van der Waals surface area contributed by atoms with Crippen molar-refractivity contribution in [1.29, 1.82) is 0 Å². The van der Waals surface area contributed by atoms with Gasteiger partial charge in [0.1, 0.15) is 17.3 Å². The fraction of sp³-hybridized carbons (Fsp3) is 0.172. The zero-order chi connectivity index (χ0) is 25.2. The fourth-order valence-corrected chi connectivity index (χ4v) is 4.76. The molecule has 3 N–H and O–H groups in total. The molecule has 0 saturated carbocycles. The number of H-pyrrole nitrogens is 1. The van der Waals surface area contributed by atoms with E-state index in [1.54, 1.807) is 36.4 Å². The number of amides is 1. The van der Waals surface area contributed by atoms with Crippen LogP contribution in [0.4, 0.5) is 0 Å². The number of rotatable bonds is 7. The highest BCUT2D eigenvalue weighted by atomic mass is 16.5. The second kappa shape index (κ2) is 9.62. The van der Waals surface area contributed by atoms with E-state index in [-0.39, 0.29) is 23.6 Å². The van der Waals surface area contributed by atoms with Crippen molar-refractivity contribution in [1.82, 2.24) is 9.88 Å². The summed E-state index contributed by atoms with van der Waals surface area (Å²) in [5, 5.41) is 22.4. The van der Waals surface area contributed by atoms with Crippen molar-refractivity contribution in [3.8, 4) is 11.5 Å². The van der Waals surface area contributed by atoms with Gasteiger partial charge in [-0.25, -0.2) is 0 Å². The number of Topliss-reactive ketones (excluding diaryl/α,β-unsaturated/α-hetero) is 1. The summed E-state index contributed by atoms with van der Waals surface area (Å²) in [6, 6.07) is 20.2. The predicted octanol–water partition coefficient (Wildman–Crippen LogP) is 4.94. The van der Waals surface area contributed by atoms with Gasteiger partial charge in [0.2, 0.25) is 0 Å². The van der Waals surface area contributed by atoms with Crippen LogP contribution in [0, 0.1) is 0 Å². The highest BCUT2D eigenvalue weighted by Crippen LogP contribution is 2.40. The molecule has 182 valence electrons. The minimum Gasteiger partial charge on any atom is -0.508 e. The van der Waals surface area contributed by atoms with E-state index in [1.165, 1.54) is 17.0 Å². The minimum absolute atomic E-state index is 0.00585. The topological polar surface area (TPSA) is 103 Å². The molecule has 2 heterocycles. The number of phenols is 1. The number of phenolic OH excluding ortho intramolecular Hbond substituents is 1. The Bertz CT molecular complexity index is 1470. The first kappa shape index (κ1) is 23.2. The maximum Gasteiger partial charge on any atom is 0.295 e. The molecule has 1 unspecified atom stereocenters. The maximum atomic E-state index is 13.2. The Morgan fingerprint density at radius 2 is 1.81 bits per heavy atom. The highest BCUT2D eigenvalue weighted by molar-refractivity contribution is 6.46. The Morgan fingerprint density at radius 3 is 2.56 bits per heavy atom. The Kier molecular flexibility index (Phi) is 6.21. The molecule has 1 aromatic heterocycles. The van der Waals surface area contributed by atoms with Crippen LogP contribution in [0.3, 0.4) is 0 Å². The van der Waals surface area contributed by atoms with Gasteiger partial charge in [0, 0.05) is 29.2 Å². The van der Waals surface area contributed by atoms with Crippen LogP contribution in [-0.4, -0.2) is 44.9 Å². The minimum atomic E-state index is -0.839. The lowest BCUT2D eigenvalue weighted by Gasteiger charge is -2.25. The highest BCUT2D eigenvalue weighted by Gasteiger charge is 2.46. The number of aliphatic hydroxyl groups excluding tert-OH is 1. The van der Waals surface area contributed by atoms with Gasteiger partial charge in [-0.05, 0) is 66.9 Å². The number of fused-ring (bicyclic) bond motifs is 1. The summed E-state index contributed by atoms with van der Waals surface area (Å²) in [5.74, 6) is -1.06. The molecule has 0 aliphatic carbocycles. The molecule has 3 aromatic carbocycles. The van der Waals surface area contributed by atoms with Crippen LogP contribution in [0.15, 0.2) is 84.6 Å². The van der Waals surface area contributed by atoms with Gasteiger partial charge in [-0.1, -0.05) is 30.3 Å². The number of aromatic amines is 1. The average Bonchev–Trinajstić information content (AvgIpc) is 3.41. The number of carbonyl (C=O) groups is 2. The van der Waals surface area contributed by atoms with Crippen LogP contribution < -0.4 is 4.74 Å². The van der Waals surface area contributed by atoms with Crippen LogP contribution in [0.2, 0.25) is 0 Å². The van der Waals surface area contributed by atoms with Crippen LogP contribution in [0.5, 0.6) is 11.5 Å². The first-order chi connectivity index (χ1) is 17.5. The third-order valence-electron chi connectivity index (χ3n) is 6.46. The first-order valence-electron chi connectivity index (χ1n) is 11.8. The van der Waals surface area contributed by atoms with Gasteiger partial charge >= 0.3 is 0 Å². The standard InChI is InChI=1S/C29H26N2O5/c1-2-36-22-12-10-18(11-13-22)27(33)25-26(19-6-5-7-21(32)16-19)31(29(35)28(25)34)15-14-20-17-30-24-9-4-3-8-23(20)24/h3-13,16-17,26,30,32-33H,2,14-15H2,1H3/b27-25-. The van der Waals surface area contributed by atoms with E-state index in [9.17, 15) is 19.8 Å². The molecule has 1 fully saturated rings. The number of hydrogen-bond donors (Lipinski definition) is 3. The van der Waals surface area contributed by atoms with Crippen molar-refractivity contribution in [3.63, 3.8) is 0 Å². The van der Waals surface area contributed by atoms with Gasteiger partial charge < -0.3 is 24.8 Å². The van der Waals surface area contributed by atoms with Crippen molar-refractivity contribution >= 4 is 28.4 Å². The van der Waals surface area contributed by atoms with Crippen LogP contribution in [-0.2, 0) is 16.0 Å². The Balaban J connectivity index is 1.54. The number of ketones is 1. The third kappa shape index (κ3) is 4.20. The van der Waals surface area contributed by atoms with E-state index >= 15 is 0 Å². The van der Waals surface area contributed by atoms with Gasteiger partial charge in [0.15, 0.2) is 0 Å². The molecular formula is C29H26N2O5. The lowest BCUT2D eigenvalue weighted by Crippen LogP contribution is -2.31. The summed E-state index contributed by atoms with van der Waals surface area (Å²) < 4.78 is 5.47. The molecule has 0 radical (unpaired) electrons. The molecular weight excluding hydrogens is 456 g/mol. The van der Waals surface area contributed by atoms with Gasteiger partial charge in [0.05, 0.1) is 18.2 Å². The van der Waals surface area contributed by atoms with Crippen molar-refractivity contribution in [2.75, 3.05) is 13.2 Å². The number of benzene rings is 3. The van der Waals surface area contributed by atoms with Gasteiger partial charge in [-0.2, -0.15) is 0 Å². The van der Waals surface area contributed by atoms with E-state index in [2.05, 4.69) is 4.98 Å². The summed E-state index contributed by atoms with van der Waals surface area (Å²) in [6.07, 6.45) is 2.42. The zero-order valence-corrected chi connectivity index (χ0v) is 19.8. The summed E-state index contributed by atoms with van der Waals surface area (Å²) in [7, 11) is 0. The lowest BCUT2D eigenvalue weighted by molar-refractivity contribution is -0.139. The van der Waals surface area contributed by atoms with Crippen LogP contribution in [0.25, 0.3) is 16.7 Å². The molecule has 1 atom stereocenters. The number of carbonyl (C=O) groups excluding carboxylic acids is 2. The quantitative estimate of drug-likeness (QED) is 0.197. The summed E-state index contributed by atoms with van der Waals surface area (Å²) >= 11 is 0.